The molecule has 1 aromatic rings. The van der Waals surface area contributed by atoms with Crippen molar-refractivity contribution in [1.29, 1.82) is 5.26 Å². The summed E-state index contributed by atoms with van der Waals surface area (Å²) >= 11 is 11.8. The Morgan fingerprint density at radius 1 is 1.44 bits per heavy atom. The topological polar surface area (TPSA) is 44.1 Å². The summed E-state index contributed by atoms with van der Waals surface area (Å²) in [6, 6.07) is 6.90. The van der Waals surface area contributed by atoms with Crippen LogP contribution in [0.1, 0.15) is 23.7 Å². The third-order valence-electron chi connectivity index (χ3n) is 2.59. The van der Waals surface area contributed by atoms with Gasteiger partial charge in [0.05, 0.1) is 17.6 Å². The van der Waals surface area contributed by atoms with Gasteiger partial charge >= 0.3 is 0 Å². The lowest BCUT2D eigenvalue weighted by atomic mass is 10.1. The predicted molar refractivity (Wildman–Crippen MR) is 73.1 cm³/mol. The molecule has 0 spiro atoms. The molecule has 5 heteroatoms. The lowest BCUT2D eigenvalue weighted by molar-refractivity contribution is 0.0935. The maximum Gasteiger partial charge on any atom is 0.178 e. The molecule has 0 aliphatic carbocycles. The monoisotopic (exact) mass is 284 g/mol. The van der Waals surface area contributed by atoms with Gasteiger partial charge in [0, 0.05) is 23.6 Å². The summed E-state index contributed by atoms with van der Waals surface area (Å²) in [6.07, 6.45) is 0.412. The zero-order valence-electron chi connectivity index (χ0n) is 10.1. The van der Waals surface area contributed by atoms with Crippen LogP contribution in [0.3, 0.4) is 0 Å². The molecule has 18 heavy (non-hydrogen) atoms. The van der Waals surface area contributed by atoms with E-state index >= 15 is 0 Å². The minimum absolute atomic E-state index is 0.0588. The Morgan fingerprint density at radius 2 is 2.17 bits per heavy atom. The molecule has 3 nitrogen and oxygen atoms in total. The fourth-order valence-corrected chi connectivity index (χ4v) is 2.07. The molecular weight excluding hydrogens is 271 g/mol. The summed E-state index contributed by atoms with van der Waals surface area (Å²) in [4.78, 5) is 14.0. The van der Waals surface area contributed by atoms with Crippen molar-refractivity contribution in [2.45, 2.75) is 13.3 Å². The highest BCUT2D eigenvalue weighted by Crippen LogP contribution is 2.21. The minimum Gasteiger partial charge on any atom is -0.295 e. The molecule has 0 amide bonds. The van der Waals surface area contributed by atoms with E-state index in [4.69, 9.17) is 28.5 Å². The van der Waals surface area contributed by atoms with Crippen LogP contribution in [0.2, 0.25) is 10.0 Å². The second kappa shape index (κ2) is 7.38. The molecule has 0 unspecified atom stereocenters. The number of hydrogen-bond donors (Lipinski definition) is 0. The number of nitriles is 1. The molecule has 0 aromatic heterocycles. The van der Waals surface area contributed by atoms with Gasteiger partial charge in [-0.05, 0) is 24.7 Å². The Balaban J connectivity index is 2.72. The Bertz CT molecular complexity index is 469. The average Bonchev–Trinajstić information content (AvgIpc) is 2.34. The number of halogens is 2. The van der Waals surface area contributed by atoms with Crippen LogP contribution in [-0.4, -0.2) is 30.3 Å². The highest BCUT2D eigenvalue weighted by Gasteiger charge is 2.14. The van der Waals surface area contributed by atoms with Crippen molar-refractivity contribution in [1.82, 2.24) is 4.90 Å². The zero-order valence-corrected chi connectivity index (χ0v) is 11.6. The van der Waals surface area contributed by atoms with Crippen LogP contribution in [0, 0.1) is 11.3 Å². The van der Waals surface area contributed by atoms with Gasteiger partial charge in [0.1, 0.15) is 0 Å². The summed E-state index contributed by atoms with van der Waals surface area (Å²) in [5.41, 5.74) is 0.469. The van der Waals surface area contributed by atoms with E-state index in [1.54, 1.807) is 18.2 Å². The molecule has 0 aliphatic heterocycles. The minimum atomic E-state index is -0.0588. The highest BCUT2D eigenvalue weighted by atomic mass is 35.5. The van der Waals surface area contributed by atoms with Crippen molar-refractivity contribution in [2.24, 2.45) is 0 Å². The summed E-state index contributed by atoms with van der Waals surface area (Å²) in [6.45, 7) is 3.52. The van der Waals surface area contributed by atoms with E-state index in [-0.39, 0.29) is 12.3 Å². The molecule has 0 fully saturated rings. The molecule has 1 rings (SSSR count). The number of carbonyl (C=O) groups excluding carboxylic acids is 1. The van der Waals surface area contributed by atoms with E-state index < -0.39 is 0 Å². The van der Waals surface area contributed by atoms with Gasteiger partial charge in [-0.1, -0.05) is 30.1 Å². The van der Waals surface area contributed by atoms with Crippen LogP contribution >= 0.6 is 23.2 Å². The molecule has 0 saturated carbocycles. The van der Waals surface area contributed by atoms with E-state index in [1.165, 1.54) is 0 Å². The molecule has 0 aliphatic rings. The molecule has 0 heterocycles. The highest BCUT2D eigenvalue weighted by molar-refractivity contribution is 6.36. The van der Waals surface area contributed by atoms with E-state index in [9.17, 15) is 4.79 Å². The molecule has 0 bridgehead atoms. The lowest BCUT2D eigenvalue weighted by Gasteiger charge is -2.18. The average molecular weight is 285 g/mol. The maximum absolute atomic E-state index is 12.1. The van der Waals surface area contributed by atoms with Gasteiger partial charge in [0.2, 0.25) is 0 Å². The molecule has 0 saturated heterocycles. The van der Waals surface area contributed by atoms with Gasteiger partial charge in [-0.3, -0.25) is 9.69 Å². The Labute approximate surface area is 117 Å². The number of carbonyl (C=O) groups is 1. The molecule has 0 atom stereocenters. The summed E-state index contributed by atoms with van der Waals surface area (Å²) < 4.78 is 0. The Kier molecular flexibility index (Phi) is 6.14. The van der Waals surface area contributed by atoms with Crippen molar-refractivity contribution >= 4 is 29.0 Å². The van der Waals surface area contributed by atoms with Gasteiger partial charge < -0.3 is 0 Å². The van der Waals surface area contributed by atoms with Gasteiger partial charge in [-0.2, -0.15) is 5.26 Å². The number of benzene rings is 1. The number of likely N-dealkylation sites (N-methyl/N-ethyl adjacent to an activating group) is 1. The van der Waals surface area contributed by atoms with Gasteiger partial charge in [0.15, 0.2) is 5.78 Å². The first-order valence-corrected chi connectivity index (χ1v) is 6.41. The lowest BCUT2D eigenvalue weighted by Crippen LogP contribution is -2.30. The van der Waals surface area contributed by atoms with E-state index in [0.717, 1.165) is 6.54 Å². The fourth-order valence-electron chi connectivity index (χ4n) is 1.56. The van der Waals surface area contributed by atoms with E-state index in [2.05, 4.69) is 6.07 Å². The molecule has 96 valence electrons. The summed E-state index contributed by atoms with van der Waals surface area (Å²) in [7, 11) is 0. The standard InChI is InChI=1S/C13H14Cl2N2O/c1-2-17(7-3-6-16)9-13(18)11-5-4-10(14)8-12(11)15/h4-5,8H,2-3,7,9H2,1H3. The van der Waals surface area contributed by atoms with Crippen LogP contribution in [0.25, 0.3) is 0 Å². The Morgan fingerprint density at radius 3 is 2.72 bits per heavy atom. The third-order valence-corrected chi connectivity index (χ3v) is 3.13. The first kappa shape index (κ1) is 15.0. The first-order valence-electron chi connectivity index (χ1n) is 5.66. The first-order chi connectivity index (χ1) is 8.58. The number of rotatable bonds is 6. The van der Waals surface area contributed by atoms with E-state index in [0.29, 0.717) is 28.6 Å². The largest absolute Gasteiger partial charge is 0.295 e. The fraction of sp³-hybridized carbons (Fsp3) is 0.385. The van der Waals surface area contributed by atoms with Crippen molar-refractivity contribution in [3.63, 3.8) is 0 Å². The smallest absolute Gasteiger partial charge is 0.178 e. The summed E-state index contributed by atoms with van der Waals surface area (Å²) in [5, 5.41) is 9.41. The predicted octanol–water partition coefficient (Wildman–Crippen LogP) is 3.41. The van der Waals surface area contributed by atoms with Crippen LogP contribution in [0.4, 0.5) is 0 Å². The molecule has 0 radical (unpaired) electrons. The number of Topliss-reactive ketones (excluding diaryl/α,β-unsaturated/α-hetero) is 1. The normalized spacial score (nSPS) is 10.4. The van der Waals surface area contributed by atoms with Crippen molar-refractivity contribution in [3.05, 3.63) is 33.8 Å². The number of nitrogens with zero attached hydrogens (tertiary/aromatic N) is 2. The van der Waals surface area contributed by atoms with Gasteiger partial charge in [0.25, 0.3) is 0 Å². The van der Waals surface area contributed by atoms with Crippen LogP contribution in [0.5, 0.6) is 0 Å². The van der Waals surface area contributed by atoms with E-state index in [1.807, 2.05) is 11.8 Å². The van der Waals surface area contributed by atoms with Crippen molar-refractivity contribution in [3.8, 4) is 6.07 Å². The van der Waals surface area contributed by atoms with Crippen LogP contribution < -0.4 is 0 Å². The second-order valence-corrected chi connectivity index (χ2v) is 4.67. The number of hydrogen-bond acceptors (Lipinski definition) is 3. The van der Waals surface area contributed by atoms with Gasteiger partial charge in [-0.25, -0.2) is 0 Å². The van der Waals surface area contributed by atoms with Crippen LogP contribution in [-0.2, 0) is 0 Å². The molecule has 0 N–H and O–H groups in total. The molecular formula is C13H14Cl2N2O. The third kappa shape index (κ3) is 4.30. The van der Waals surface area contributed by atoms with Crippen molar-refractivity contribution in [2.75, 3.05) is 19.6 Å². The SMILES string of the molecule is CCN(CCC#N)CC(=O)c1ccc(Cl)cc1Cl. The second-order valence-electron chi connectivity index (χ2n) is 3.82. The maximum atomic E-state index is 12.1. The quantitative estimate of drug-likeness (QED) is 0.752. The Hall–Kier alpha value is -1.08. The zero-order chi connectivity index (χ0) is 13.5. The van der Waals surface area contributed by atoms with Crippen LogP contribution in [0.15, 0.2) is 18.2 Å². The molecule has 1 aromatic carbocycles. The van der Waals surface area contributed by atoms with Gasteiger partial charge in [-0.15, -0.1) is 0 Å². The summed E-state index contributed by atoms with van der Waals surface area (Å²) in [5.74, 6) is -0.0588. The number of ketones is 1. The van der Waals surface area contributed by atoms with Crippen molar-refractivity contribution < 1.29 is 4.79 Å².